The highest BCUT2D eigenvalue weighted by molar-refractivity contribution is 5.95. The highest BCUT2D eigenvalue weighted by atomic mass is 16.4. The summed E-state index contributed by atoms with van der Waals surface area (Å²) in [4.78, 5) is 26.9. The molecule has 0 saturated carbocycles. The molecule has 1 aromatic heterocycles. The van der Waals surface area contributed by atoms with Gasteiger partial charge in [-0.3, -0.25) is 4.79 Å². The van der Waals surface area contributed by atoms with Crippen molar-refractivity contribution in [1.82, 2.24) is 14.8 Å². The number of benzene rings is 1. The Labute approximate surface area is 125 Å². The van der Waals surface area contributed by atoms with Crippen LogP contribution in [0.1, 0.15) is 28.9 Å². The number of nitrogens with two attached hydrogens (primary N) is 1. The second-order valence-corrected chi connectivity index (χ2v) is 4.89. The molecule has 3 rings (SSSR count). The largest absolute Gasteiger partial charge is 0.478 e. The van der Waals surface area contributed by atoms with Gasteiger partial charge < -0.3 is 16.2 Å². The van der Waals surface area contributed by atoms with Gasteiger partial charge in [0.25, 0.3) is 0 Å². The number of carboxylic acids is 1. The third-order valence-electron chi connectivity index (χ3n) is 3.53. The van der Waals surface area contributed by atoms with Crippen LogP contribution < -0.4 is 11.1 Å². The molecule has 8 heteroatoms. The molecule has 8 nitrogen and oxygen atoms in total. The van der Waals surface area contributed by atoms with Crippen molar-refractivity contribution in [2.45, 2.75) is 13.0 Å². The normalized spacial score (nSPS) is 16.9. The van der Waals surface area contributed by atoms with E-state index in [1.165, 1.54) is 18.5 Å². The monoisotopic (exact) mass is 299 g/mol. The Morgan fingerprint density at radius 2 is 2.00 bits per heavy atom. The lowest BCUT2D eigenvalue weighted by atomic mass is 9.94. The molecule has 0 radical (unpaired) electrons. The predicted octanol–water partition coefficient (Wildman–Crippen LogP) is 0.750. The standard InChI is InChI=1S/C14H13N5O3/c1-7-10(12(15)20)11(19-14(18-7)16-6-17-19)8-2-4-9(5-3-8)13(21)22/h2-6,11H,1H3,(H2,15,20)(H,21,22)(H,16,17,18)/t11-/m1/s1. The van der Waals surface area contributed by atoms with Gasteiger partial charge in [0, 0.05) is 5.70 Å². The van der Waals surface area contributed by atoms with Gasteiger partial charge >= 0.3 is 5.97 Å². The van der Waals surface area contributed by atoms with Crippen LogP contribution in [0.2, 0.25) is 0 Å². The van der Waals surface area contributed by atoms with E-state index in [0.29, 0.717) is 22.8 Å². The lowest BCUT2D eigenvalue weighted by Gasteiger charge is -2.27. The van der Waals surface area contributed by atoms with Gasteiger partial charge in [-0.2, -0.15) is 10.1 Å². The number of carboxylic acid groups (broad SMARTS) is 1. The topological polar surface area (TPSA) is 123 Å². The highest BCUT2D eigenvalue weighted by Gasteiger charge is 2.32. The van der Waals surface area contributed by atoms with Crippen LogP contribution >= 0.6 is 0 Å². The number of fused-ring (bicyclic) bond motifs is 1. The summed E-state index contributed by atoms with van der Waals surface area (Å²) in [6.45, 7) is 1.73. The number of aromatic nitrogens is 3. The minimum Gasteiger partial charge on any atom is -0.478 e. The minimum atomic E-state index is -1.01. The smallest absolute Gasteiger partial charge is 0.335 e. The average molecular weight is 299 g/mol. The molecule has 112 valence electrons. The molecular weight excluding hydrogens is 286 g/mol. The van der Waals surface area contributed by atoms with Gasteiger partial charge in [0.2, 0.25) is 11.9 Å². The molecule has 22 heavy (non-hydrogen) atoms. The molecule has 0 aliphatic carbocycles. The zero-order valence-corrected chi connectivity index (χ0v) is 11.6. The Balaban J connectivity index is 2.14. The second-order valence-electron chi connectivity index (χ2n) is 4.89. The summed E-state index contributed by atoms with van der Waals surface area (Å²) in [5, 5.41) is 16.1. The van der Waals surface area contributed by atoms with Gasteiger partial charge in [-0.15, -0.1) is 0 Å². The molecule has 0 bridgehead atoms. The van der Waals surface area contributed by atoms with Crippen LogP contribution in [0.25, 0.3) is 0 Å². The number of hydrogen-bond donors (Lipinski definition) is 3. The molecule has 4 N–H and O–H groups in total. The third-order valence-corrected chi connectivity index (χ3v) is 3.53. The maximum atomic E-state index is 11.8. The average Bonchev–Trinajstić information content (AvgIpc) is 2.93. The van der Waals surface area contributed by atoms with Crippen LogP contribution in [0.15, 0.2) is 41.9 Å². The molecule has 0 unspecified atom stereocenters. The number of primary amides is 1. The molecule has 1 amide bonds. The van der Waals surface area contributed by atoms with Crippen LogP contribution in [0.4, 0.5) is 5.95 Å². The van der Waals surface area contributed by atoms with Crippen molar-refractivity contribution in [3.05, 3.63) is 53.0 Å². The predicted molar refractivity (Wildman–Crippen MR) is 77.1 cm³/mol. The number of carbonyl (C=O) groups excluding carboxylic acids is 1. The second kappa shape index (κ2) is 4.99. The number of carbonyl (C=O) groups is 2. The van der Waals surface area contributed by atoms with Crippen molar-refractivity contribution >= 4 is 17.8 Å². The van der Waals surface area contributed by atoms with E-state index in [1.54, 1.807) is 23.7 Å². The van der Waals surface area contributed by atoms with Gasteiger partial charge in [-0.1, -0.05) is 12.1 Å². The molecule has 1 aliphatic rings. The molecule has 2 aromatic rings. The summed E-state index contributed by atoms with van der Waals surface area (Å²) in [6.07, 6.45) is 1.37. The first-order valence-electron chi connectivity index (χ1n) is 6.49. The van der Waals surface area contributed by atoms with Crippen LogP contribution in [0.3, 0.4) is 0 Å². The van der Waals surface area contributed by atoms with E-state index in [2.05, 4.69) is 15.4 Å². The summed E-state index contributed by atoms with van der Waals surface area (Å²) >= 11 is 0. The molecule has 1 aliphatic heterocycles. The van der Waals surface area contributed by atoms with Gasteiger partial charge in [0.1, 0.15) is 12.4 Å². The molecule has 2 heterocycles. The summed E-state index contributed by atoms with van der Waals surface area (Å²) in [5.41, 5.74) is 7.32. The Hall–Kier alpha value is -3.16. The van der Waals surface area contributed by atoms with E-state index in [0.717, 1.165) is 0 Å². The Bertz CT molecular complexity index is 791. The van der Waals surface area contributed by atoms with E-state index in [4.69, 9.17) is 10.8 Å². The summed E-state index contributed by atoms with van der Waals surface area (Å²) in [7, 11) is 0. The van der Waals surface area contributed by atoms with E-state index < -0.39 is 17.9 Å². The Kier molecular flexibility index (Phi) is 3.13. The maximum absolute atomic E-state index is 11.8. The van der Waals surface area contributed by atoms with E-state index in [9.17, 15) is 9.59 Å². The zero-order valence-electron chi connectivity index (χ0n) is 11.6. The highest BCUT2D eigenvalue weighted by Crippen LogP contribution is 2.34. The molecule has 0 spiro atoms. The number of anilines is 1. The lowest BCUT2D eigenvalue weighted by Crippen LogP contribution is -2.31. The maximum Gasteiger partial charge on any atom is 0.335 e. The van der Waals surface area contributed by atoms with Crippen molar-refractivity contribution in [1.29, 1.82) is 0 Å². The first-order valence-corrected chi connectivity index (χ1v) is 6.49. The van der Waals surface area contributed by atoms with E-state index >= 15 is 0 Å². The molecule has 0 fully saturated rings. The van der Waals surface area contributed by atoms with Crippen molar-refractivity contribution in [2.24, 2.45) is 5.73 Å². The molecular formula is C14H13N5O3. The number of allylic oxidation sites excluding steroid dienone is 1. The van der Waals surface area contributed by atoms with Gasteiger partial charge in [0.05, 0.1) is 11.1 Å². The fourth-order valence-electron chi connectivity index (χ4n) is 2.53. The number of nitrogens with zero attached hydrogens (tertiary/aromatic N) is 3. The van der Waals surface area contributed by atoms with Gasteiger partial charge in [-0.25, -0.2) is 9.48 Å². The molecule has 0 saturated heterocycles. The first-order chi connectivity index (χ1) is 10.5. The number of amides is 1. The fraction of sp³-hybridized carbons (Fsp3) is 0.143. The number of aromatic carboxylic acids is 1. The lowest BCUT2D eigenvalue weighted by molar-refractivity contribution is -0.115. The number of hydrogen-bond acceptors (Lipinski definition) is 5. The summed E-state index contributed by atoms with van der Waals surface area (Å²) in [5.74, 6) is -1.09. The Morgan fingerprint density at radius 3 is 2.59 bits per heavy atom. The first kappa shape index (κ1) is 13.8. The van der Waals surface area contributed by atoms with Crippen LogP contribution in [-0.4, -0.2) is 31.7 Å². The Morgan fingerprint density at radius 1 is 1.32 bits per heavy atom. The van der Waals surface area contributed by atoms with Crippen LogP contribution in [0.5, 0.6) is 0 Å². The van der Waals surface area contributed by atoms with Crippen molar-refractivity contribution in [3.63, 3.8) is 0 Å². The zero-order chi connectivity index (χ0) is 15.9. The minimum absolute atomic E-state index is 0.165. The summed E-state index contributed by atoms with van der Waals surface area (Å²) in [6, 6.07) is 5.69. The van der Waals surface area contributed by atoms with E-state index in [1.807, 2.05) is 0 Å². The van der Waals surface area contributed by atoms with Crippen molar-refractivity contribution in [3.8, 4) is 0 Å². The van der Waals surface area contributed by atoms with Crippen LogP contribution in [0, 0.1) is 0 Å². The fourth-order valence-corrected chi connectivity index (χ4v) is 2.53. The van der Waals surface area contributed by atoms with Gasteiger partial charge in [0.15, 0.2) is 0 Å². The van der Waals surface area contributed by atoms with Gasteiger partial charge in [-0.05, 0) is 24.6 Å². The third kappa shape index (κ3) is 2.10. The summed E-state index contributed by atoms with van der Waals surface area (Å²) < 4.78 is 1.54. The van der Waals surface area contributed by atoms with Crippen molar-refractivity contribution < 1.29 is 14.7 Å². The number of rotatable bonds is 3. The number of nitrogens with one attached hydrogen (secondary N) is 1. The quantitative estimate of drug-likeness (QED) is 0.768. The van der Waals surface area contributed by atoms with Crippen LogP contribution in [-0.2, 0) is 4.79 Å². The molecule has 1 atom stereocenters. The van der Waals surface area contributed by atoms with Crippen molar-refractivity contribution in [2.75, 3.05) is 5.32 Å². The molecule has 1 aromatic carbocycles. The SMILES string of the molecule is CC1=C(C(N)=O)[C@@H](c2ccc(C(=O)O)cc2)n2ncnc2N1. The van der Waals surface area contributed by atoms with E-state index in [-0.39, 0.29) is 5.56 Å².